The van der Waals surface area contributed by atoms with Gasteiger partial charge in [0.05, 0.1) is 70.5 Å². The van der Waals surface area contributed by atoms with Gasteiger partial charge in [0.1, 0.15) is 146 Å². The number of aliphatic hydroxyl groups excluding tert-OH is 20. The van der Waals surface area contributed by atoms with Crippen LogP contribution in [-0.4, -0.2) is 394 Å². The molecular weight excluding hydrogens is 1270 g/mol. The average molecular weight is 1350 g/mol. The Morgan fingerprint density at radius 2 is 0.978 bits per heavy atom. The highest BCUT2D eigenvalue weighted by molar-refractivity contribution is 7.46. The minimum atomic E-state index is -5.76. The van der Waals surface area contributed by atoms with Crippen LogP contribution in [0.25, 0.3) is 0 Å². The van der Waals surface area contributed by atoms with Gasteiger partial charge in [-0.05, 0) is 0 Å². The van der Waals surface area contributed by atoms with E-state index in [-0.39, 0.29) is 0 Å². The zero-order valence-electron chi connectivity index (χ0n) is 46.7. The van der Waals surface area contributed by atoms with Gasteiger partial charge in [-0.2, -0.15) is 0 Å². The van der Waals surface area contributed by atoms with Gasteiger partial charge in [0.25, 0.3) is 11.6 Å². The van der Waals surface area contributed by atoms with Crippen LogP contribution in [-0.2, 0) is 80.3 Å². The van der Waals surface area contributed by atoms with Crippen molar-refractivity contribution in [3.8, 4) is 0 Å². The highest BCUT2D eigenvalue weighted by Gasteiger charge is 2.64. The molecule has 7 fully saturated rings. The first-order valence-corrected chi connectivity index (χ1v) is 29.2. The van der Waals surface area contributed by atoms with Crippen LogP contribution in [0.4, 0.5) is 0 Å². The van der Waals surface area contributed by atoms with Crippen LogP contribution in [0.2, 0.25) is 0 Å². The number of phosphoric ester groups is 1. The Kier molecular flexibility index (Phi) is 25.7. The molecule has 0 amide bonds. The predicted octanol–water partition coefficient (Wildman–Crippen LogP) is -16.5. The fraction of sp³-hybridized carbons (Fsp3) is 0.957. The minimum absolute atomic E-state index is 0.877. The number of hydrogen-bond acceptors (Lipinski definition) is 39. The molecule has 44 heteroatoms. The quantitative estimate of drug-likeness (QED) is 0.0377. The van der Waals surface area contributed by atoms with E-state index in [1.54, 1.807) is 0 Å². The zero-order valence-corrected chi connectivity index (χ0v) is 47.6. The number of phosphoric acid groups is 1. The molecule has 90 heavy (non-hydrogen) atoms. The van der Waals surface area contributed by atoms with Gasteiger partial charge in [-0.1, -0.05) is 0 Å². The molecule has 0 aromatic rings. The predicted molar refractivity (Wildman–Crippen MR) is 269 cm³/mol. The van der Waals surface area contributed by atoms with E-state index in [2.05, 4.69) is 0 Å². The van der Waals surface area contributed by atoms with Crippen molar-refractivity contribution >= 4 is 19.8 Å². The summed E-state index contributed by atoms with van der Waals surface area (Å²) in [4.78, 5) is 47.3. The van der Waals surface area contributed by atoms with E-state index < -0.39 is 293 Å². The van der Waals surface area contributed by atoms with Gasteiger partial charge in [-0.15, -0.1) is 0 Å². The van der Waals surface area contributed by atoms with Gasteiger partial charge in [-0.25, -0.2) is 14.2 Å². The maximum absolute atomic E-state index is 13.8. The highest BCUT2D eigenvalue weighted by atomic mass is 31.2. The number of rotatable bonds is 25. The lowest BCUT2D eigenvalue weighted by molar-refractivity contribution is -0.400. The molecule has 7 aliphatic rings. The number of nitrogens with two attached hydrogens (primary N) is 2. The lowest BCUT2D eigenvalue weighted by atomic mass is 9.89. The van der Waals surface area contributed by atoms with E-state index in [4.69, 9.17) is 77.6 Å². The van der Waals surface area contributed by atoms with Gasteiger partial charge in [0, 0.05) is 12.8 Å². The van der Waals surface area contributed by atoms with Gasteiger partial charge >= 0.3 is 19.8 Å². The van der Waals surface area contributed by atoms with Crippen molar-refractivity contribution < 1.29 is 202 Å². The van der Waals surface area contributed by atoms with Crippen LogP contribution in [0, 0.1) is 0 Å². The fourth-order valence-corrected chi connectivity index (χ4v) is 11.5. The largest absolute Gasteiger partial charge is 0.477 e. The van der Waals surface area contributed by atoms with E-state index in [1.807, 2.05) is 0 Å². The molecule has 35 atom stereocenters. The Bertz CT molecular complexity index is 2360. The third kappa shape index (κ3) is 16.2. The molecule has 0 bridgehead atoms. The number of aliphatic hydroxyl groups is 20. The topological polar surface area (TPSA) is 718 Å². The standard InChI is InChI=1S/C46H79N2O41P/c47-19-26(60)24(58)16(80-38(19)68)7-77-39-20(48)27(61)36(89-90(73,74)75)18(84-39)9-79-45(43(69)70)2-13(86-46(44(71)72)1-10(52)21(55)34(87-46)12(54)6-76-40-31(65)28(62)22(56)14(4-50)81-40)37(35(88-45)11(53)3-49)85-42-33(67)30(64)25(59)17(83-42)8-78-41-32(66)29(63)23(57)15(5-51)82-41/h10-42,49-68H,1-9,47-48H2,(H,69,70)(H,71,72)(H2,73,74,75)/t10-,11-,12-,13-,14-,15-,16-,17-,18-,19-,20-,21-,22+,23-,24-,25-,26-,27-,28+,29+,30+,31-,32+,33+,34-,35-,36-,37-,38+,39-,40-,41+,42-,45-,46-/m1/s1. The summed E-state index contributed by atoms with van der Waals surface area (Å²) in [5.74, 6) is -11.8. The number of carbonyl (C=O) groups is 2. The monoisotopic (exact) mass is 1350 g/mol. The minimum Gasteiger partial charge on any atom is -0.477 e. The van der Waals surface area contributed by atoms with E-state index in [0.29, 0.717) is 0 Å². The third-order valence-electron chi connectivity index (χ3n) is 16.1. The Labute approximate surface area is 505 Å². The van der Waals surface area contributed by atoms with Crippen molar-refractivity contribution in [2.24, 2.45) is 11.5 Å². The summed E-state index contributed by atoms with van der Waals surface area (Å²) in [5.41, 5.74) is 11.7. The molecule has 0 unspecified atom stereocenters. The molecule has 28 N–H and O–H groups in total. The summed E-state index contributed by atoms with van der Waals surface area (Å²) in [6.07, 6.45) is -69.4. The molecule has 0 aromatic carbocycles. The second-order valence-corrected chi connectivity index (χ2v) is 23.5. The van der Waals surface area contributed by atoms with E-state index >= 15 is 0 Å². The van der Waals surface area contributed by atoms with Crippen LogP contribution >= 0.6 is 7.82 Å². The van der Waals surface area contributed by atoms with Gasteiger partial charge in [0.15, 0.2) is 31.5 Å². The van der Waals surface area contributed by atoms with Crippen LogP contribution in [0.15, 0.2) is 0 Å². The van der Waals surface area contributed by atoms with Crippen LogP contribution in [0.5, 0.6) is 0 Å². The Morgan fingerprint density at radius 3 is 1.51 bits per heavy atom. The molecule has 7 saturated heterocycles. The molecule has 0 aromatic heterocycles. The van der Waals surface area contributed by atoms with Crippen molar-refractivity contribution in [3.05, 3.63) is 0 Å². The average Bonchev–Trinajstić information content (AvgIpc) is 0.786. The molecule has 7 rings (SSSR count). The van der Waals surface area contributed by atoms with Crippen molar-refractivity contribution in [3.63, 3.8) is 0 Å². The normalized spacial score (nSPS) is 48.8. The Hall–Kier alpha value is -2.35. The van der Waals surface area contributed by atoms with Gasteiger partial charge in [0.2, 0.25) is 0 Å². The van der Waals surface area contributed by atoms with E-state index in [0.717, 1.165) is 0 Å². The van der Waals surface area contributed by atoms with Crippen molar-refractivity contribution in [2.45, 2.75) is 227 Å². The number of carboxylic acids is 2. The van der Waals surface area contributed by atoms with Crippen LogP contribution in [0.1, 0.15) is 12.8 Å². The van der Waals surface area contributed by atoms with Crippen molar-refractivity contribution in [1.82, 2.24) is 0 Å². The number of carboxylic acid groups (broad SMARTS) is 2. The summed E-state index contributed by atoms with van der Waals surface area (Å²) in [5, 5.41) is 235. The van der Waals surface area contributed by atoms with Crippen LogP contribution < -0.4 is 11.5 Å². The van der Waals surface area contributed by atoms with Crippen molar-refractivity contribution in [1.29, 1.82) is 0 Å². The first-order chi connectivity index (χ1) is 42.1. The highest BCUT2D eigenvalue weighted by Crippen LogP contribution is 2.45. The molecule has 524 valence electrons. The molecule has 0 aliphatic carbocycles. The van der Waals surface area contributed by atoms with E-state index in [1.165, 1.54) is 0 Å². The molecule has 0 saturated carbocycles. The van der Waals surface area contributed by atoms with Crippen LogP contribution in [0.3, 0.4) is 0 Å². The SMILES string of the molecule is N[C@@H]1[C@@H](O)[C@H](O)[C@@H](CO[C@@H]2O[C@H](CO[C@]3(C(=O)O)C[C@@H](O[C@]4(C(=O)O)C[C@@H](O)[C@@H](O)[C@@H]([C@H](O)CO[C@@H]5O[C@H](CO)[C@H](O)[C@H](O)[C@H]5O)O4)[C@@H](O[C@H]4O[C@H](CO[C@H]5O[C@H](CO)[C@@H](O)[C@H](O)[C@@H]5O)[C@@H](O)[C@H](O)[C@@H]4O)[C@@H]([C@H](O)CO)O3)[C@@H](OP(=O)(O)O)[C@H](O)[C@H]2N)O[C@@H]1O. The van der Waals surface area contributed by atoms with Gasteiger partial charge in [-0.3, -0.25) is 4.52 Å². The molecule has 7 heterocycles. The van der Waals surface area contributed by atoms with Crippen molar-refractivity contribution in [2.75, 3.05) is 46.2 Å². The van der Waals surface area contributed by atoms with E-state index in [9.17, 15) is 136 Å². The molecule has 43 nitrogen and oxygen atoms in total. The molecule has 0 spiro atoms. The fourth-order valence-electron chi connectivity index (χ4n) is 10.9. The number of hydrogen-bond donors (Lipinski definition) is 26. The summed E-state index contributed by atoms with van der Waals surface area (Å²) in [7, 11) is -5.76. The third-order valence-corrected chi connectivity index (χ3v) is 16.6. The second kappa shape index (κ2) is 30.8. The summed E-state index contributed by atoms with van der Waals surface area (Å²) in [6.45, 7) is -7.94. The molecular formula is C46H79N2O41P. The van der Waals surface area contributed by atoms with Gasteiger partial charge < -0.3 is 195 Å². The Balaban J connectivity index is 1.24. The summed E-state index contributed by atoms with van der Waals surface area (Å²) >= 11 is 0. The molecule has 0 radical (unpaired) electrons. The maximum atomic E-state index is 13.8. The Morgan fingerprint density at radius 1 is 0.500 bits per heavy atom. The number of ether oxygens (including phenoxy) is 13. The smallest absolute Gasteiger partial charge is 0.470 e. The summed E-state index contributed by atoms with van der Waals surface area (Å²) < 4.78 is 89.9. The lowest BCUT2D eigenvalue weighted by Gasteiger charge is -2.52. The maximum Gasteiger partial charge on any atom is 0.470 e. The first-order valence-electron chi connectivity index (χ1n) is 27.6. The second-order valence-electron chi connectivity index (χ2n) is 22.3. The zero-order chi connectivity index (χ0) is 67.0. The number of aliphatic carboxylic acids is 2. The first kappa shape index (κ1) is 75.0. The summed E-state index contributed by atoms with van der Waals surface area (Å²) in [6, 6.07) is -3.42. The lowest BCUT2D eigenvalue weighted by Crippen LogP contribution is -2.70. The molecule has 7 aliphatic heterocycles.